The Morgan fingerprint density at radius 3 is 2.15 bits per heavy atom. The van der Waals surface area contributed by atoms with Crippen molar-refractivity contribution in [3.8, 4) is 0 Å². The minimum atomic E-state index is -0.936. The number of carbonyl (C=O) groups is 2. The predicted molar refractivity (Wildman–Crippen MR) is 74.0 cm³/mol. The molecule has 2 heterocycles. The van der Waals surface area contributed by atoms with Gasteiger partial charge in [-0.2, -0.15) is 0 Å². The largest absolute Gasteiger partial charge is 0.448 e. The first kappa shape index (κ1) is 13.9. The molecular weight excluding hydrogens is 256 g/mol. The van der Waals surface area contributed by atoms with Crippen molar-refractivity contribution in [1.82, 2.24) is 9.80 Å². The molecule has 1 saturated carbocycles. The highest BCUT2D eigenvalue weighted by atomic mass is 16.6. The van der Waals surface area contributed by atoms with Gasteiger partial charge in [0.1, 0.15) is 0 Å². The van der Waals surface area contributed by atoms with E-state index in [4.69, 9.17) is 4.74 Å². The van der Waals surface area contributed by atoms with Crippen LogP contribution in [0.4, 0.5) is 0 Å². The van der Waals surface area contributed by atoms with Crippen LogP contribution in [0.3, 0.4) is 0 Å². The lowest BCUT2D eigenvalue weighted by Crippen LogP contribution is -2.58. The molecule has 0 spiro atoms. The van der Waals surface area contributed by atoms with Gasteiger partial charge in [-0.15, -0.1) is 0 Å². The van der Waals surface area contributed by atoms with Crippen LogP contribution < -0.4 is 0 Å². The minimum Gasteiger partial charge on any atom is -0.448 e. The zero-order valence-corrected chi connectivity index (χ0v) is 12.9. The summed E-state index contributed by atoms with van der Waals surface area (Å²) in [5.74, 6) is -0.179. The molecule has 2 bridgehead atoms. The molecule has 3 fully saturated rings. The topological polar surface area (TPSA) is 49.9 Å². The number of amides is 1. The van der Waals surface area contributed by atoms with Gasteiger partial charge in [0.05, 0.1) is 5.41 Å². The Balaban J connectivity index is 1.90. The summed E-state index contributed by atoms with van der Waals surface area (Å²) in [4.78, 5) is 29.3. The Labute approximate surface area is 120 Å². The molecule has 2 saturated heterocycles. The molecule has 5 nitrogen and oxygen atoms in total. The van der Waals surface area contributed by atoms with E-state index < -0.39 is 16.4 Å². The molecule has 0 unspecified atom stereocenters. The first-order valence-corrected chi connectivity index (χ1v) is 7.46. The van der Waals surface area contributed by atoms with Crippen LogP contribution >= 0.6 is 0 Å². The Hall–Kier alpha value is -1.10. The Kier molecular flexibility index (Phi) is 2.75. The second-order valence-electron chi connectivity index (χ2n) is 7.27. The molecule has 2 aliphatic heterocycles. The first-order valence-electron chi connectivity index (χ1n) is 7.46. The van der Waals surface area contributed by atoms with Crippen molar-refractivity contribution >= 4 is 11.9 Å². The summed E-state index contributed by atoms with van der Waals surface area (Å²) in [5.41, 5.74) is -1.89. The van der Waals surface area contributed by atoms with Gasteiger partial charge < -0.3 is 14.5 Å². The van der Waals surface area contributed by atoms with Gasteiger partial charge in [-0.25, -0.2) is 0 Å². The van der Waals surface area contributed by atoms with Crippen molar-refractivity contribution in [1.29, 1.82) is 0 Å². The number of rotatable bonds is 1. The summed E-state index contributed by atoms with van der Waals surface area (Å²) < 4.78 is 5.66. The van der Waals surface area contributed by atoms with Crippen molar-refractivity contribution < 1.29 is 14.3 Å². The summed E-state index contributed by atoms with van der Waals surface area (Å²) in [6.07, 6.45) is 1.41. The van der Waals surface area contributed by atoms with Gasteiger partial charge >= 0.3 is 5.97 Å². The van der Waals surface area contributed by atoms with Crippen LogP contribution in [0, 0.1) is 10.8 Å². The molecule has 1 amide bonds. The smallest absolute Gasteiger partial charge is 0.313 e. The molecule has 20 heavy (non-hydrogen) atoms. The van der Waals surface area contributed by atoms with Crippen LogP contribution in [0.2, 0.25) is 0 Å². The predicted octanol–water partition coefficient (Wildman–Crippen LogP) is 0.882. The van der Waals surface area contributed by atoms with E-state index in [1.54, 1.807) is 0 Å². The number of nitrogens with zero attached hydrogens (tertiary/aromatic N) is 2. The number of likely N-dealkylation sites (N-methyl/N-ethyl adjacent to an activating group) is 1. The average Bonchev–Trinajstić information content (AvgIpc) is 2.69. The van der Waals surface area contributed by atoms with E-state index in [2.05, 4.69) is 11.9 Å². The monoisotopic (exact) mass is 280 g/mol. The minimum absolute atomic E-state index is 0.0187. The Morgan fingerprint density at radius 1 is 1.10 bits per heavy atom. The van der Waals surface area contributed by atoms with Crippen LogP contribution in [0.25, 0.3) is 0 Å². The van der Waals surface area contributed by atoms with Gasteiger partial charge in [-0.3, -0.25) is 9.59 Å². The average molecular weight is 280 g/mol. The van der Waals surface area contributed by atoms with E-state index in [1.165, 1.54) is 0 Å². The van der Waals surface area contributed by atoms with Gasteiger partial charge in [0, 0.05) is 31.6 Å². The van der Waals surface area contributed by atoms with Gasteiger partial charge in [0.2, 0.25) is 0 Å². The van der Waals surface area contributed by atoms with Crippen molar-refractivity contribution in [2.75, 3.05) is 33.2 Å². The van der Waals surface area contributed by atoms with E-state index in [1.807, 2.05) is 25.7 Å². The Morgan fingerprint density at radius 2 is 1.70 bits per heavy atom. The van der Waals surface area contributed by atoms with Crippen molar-refractivity contribution in [2.24, 2.45) is 10.8 Å². The lowest BCUT2D eigenvalue weighted by molar-refractivity contribution is -0.174. The second-order valence-corrected chi connectivity index (χ2v) is 7.27. The van der Waals surface area contributed by atoms with E-state index in [0.717, 1.165) is 32.6 Å². The van der Waals surface area contributed by atoms with E-state index >= 15 is 0 Å². The second kappa shape index (κ2) is 3.97. The zero-order chi connectivity index (χ0) is 14.8. The molecule has 5 heteroatoms. The van der Waals surface area contributed by atoms with E-state index in [-0.39, 0.29) is 11.9 Å². The molecule has 1 aliphatic carbocycles. The maximum absolute atomic E-state index is 13.0. The molecule has 112 valence electrons. The molecule has 2 atom stereocenters. The summed E-state index contributed by atoms with van der Waals surface area (Å²) in [7, 11) is 2.06. The molecule has 0 aromatic carbocycles. The third-order valence-electron chi connectivity index (χ3n) is 6.22. The SMILES string of the molecule is CN1CCN(C(=O)[C@@]23CC[C@](C)(C(=O)O2)C3(C)C)CC1. The number of fused-ring (bicyclic) bond motifs is 2. The molecule has 0 N–H and O–H groups in total. The highest BCUT2D eigenvalue weighted by Gasteiger charge is 2.76. The Bertz CT molecular complexity index is 468. The van der Waals surface area contributed by atoms with Gasteiger partial charge in [0.25, 0.3) is 5.91 Å². The lowest BCUT2D eigenvalue weighted by Gasteiger charge is -2.41. The maximum Gasteiger partial charge on any atom is 0.313 e. The number of ether oxygens (including phenoxy) is 1. The van der Waals surface area contributed by atoms with Crippen LogP contribution in [-0.2, 0) is 14.3 Å². The maximum atomic E-state index is 13.0. The molecule has 0 aromatic rings. The first-order chi connectivity index (χ1) is 9.24. The highest BCUT2D eigenvalue weighted by Crippen LogP contribution is 2.65. The third-order valence-corrected chi connectivity index (χ3v) is 6.22. The van der Waals surface area contributed by atoms with Gasteiger partial charge in [0.15, 0.2) is 5.60 Å². The summed E-state index contributed by atoms with van der Waals surface area (Å²) in [5, 5.41) is 0. The molecule has 3 rings (SSSR count). The lowest BCUT2D eigenvalue weighted by atomic mass is 9.66. The van der Waals surface area contributed by atoms with Crippen molar-refractivity contribution in [2.45, 2.75) is 39.2 Å². The molecular formula is C15H24N2O3. The number of hydrogen-bond donors (Lipinski definition) is 0. The summed E-state index contributed by atoms with van der Waals surface area (Å²) in [6.45, 7) is 9.18. The summed E-state index contributed by atoms with van der Waals surface area (Å²) >= 11 is 0. The van der Waals surface area contributed by atoms with Crippen LogP contribution in [0.5, 0.6) is 0 Å². The van der Waals surface area contributed by atoms with E-state index in [0.29, 0.717) is 6.42 Å². The number of hydrogen-bond acceptors (Lipinski definition) is 4. The fraction of sp³-hybridized carbons (Fsp3) is 0.867. The quantitative estimate of drug-likeness (QED) is 0.669. The van der Waals surface area contributed by atoms with Crippen LogP contribution in [0.15, 0.2) is 0 Å². The van der Waals surface area contributed by atoms with Crippen LogP contribution in [0.1, 0.15) is 33.6 Å². The third kappa shape index (κ3) is 1.42. The summed E-state index contributed by atoms with van der Waals surface area (Å²) in [6, 6.07) is 0. The van der Waals surface area contributed by atoms with Gasteiger partial charge in [-0.1, -0.05) is 13.8 Å². The number of esters is 1. The molecule has 0 radical (unpaired) electrons. The molecule has 0 aromatic heterocycles. The number of piperazine rings is 1. The number of carbonyl (C=O) groups excluding carboxylic acids is 2. The molecule has 3 aliphatic rings. The fourth-order valence-electron chi connectivity index (χ4n) is 3.99. The fourth-order valence-corrected chi connectivity index (χ4v) is 3.99. The van der Waals surface area contributed by atoms with Crippen molar-refractivity contribution in [3.05, 3.63) is 0 Å². The standard InChI is InChI=1S/C15H24N2O3/c1-13(2)14(3)5-6-15(13,20-12(14)19)11(18)17-9-7-16(4)8-10-17/h5-10H2,1-4H3/t14-,15-/m1/s1. The van der Waals surface area contributed by atoms with Crippen LogP contribution in [-0.4, -0.2) is 60.5 Å². The normalized spacial score (nSPS) is 40.0. The highest BCUT2D eigenvalue weighted by molar-refractivity contribution is 5.96. The van der Waals surface area contributed by atoms with Gasteiger partial charge in [-0.05, 0) is 26.8 Å². The van der Waals surface area contributed by atoms with E-state index in [9.17, 15) is 9.59 Å². The van der Waals surface area contributed by atoms with Crippen molar-refractivity contribution in [3.63, 3.8) is 0 Å². The zero-order valence-electron chi connectivity index (χ0n) is 12.9.